The molecular weight excluding hydrogens is 380 g/mol. The minimum absolute atomic E-state index is 0.115. The molecule has 1 aliphatic heterocycles. The Labute approximate surface area is 156 Å². The first-order valence-electron chi connectivity index (χ1n) is 8.51. The molecule has 1 atom stereocenters. The molecular formula is C20H21BrN2O2. The van der Waals surface area contributed by atoms with Crippen molar-refractivity contribution in [2.75, 3.05) is 11.4 Å². The minimum atomic E-state index is -0.599. The zero-order valence-corrected chi connectivity index (χ0v) is 15.8. The fraction of sp³-hybridized carbons (Fsp3) is 0.300. The van der Waals surface area contributed by atoms with Gasteiger partial charge in [-0.05, 0) is 48.2 Å². The van der Waals surface area contributed by atoms with Crippen molar-refractivity contribution >= 4 is 33.4 Å². The van der Waals surface area contributed by atoms with E-state index in [4.69, 9.17) is 0 Å². The lowest BCUT2D eigenvalue weighted by Crippen LogP contribution is -2.36. The summed E-state index contributed by atoms with van der Waals surface area (Å²) in [7, 11) is 0. The fourth-order valence-corrected chi connectivity index (χ4v) is 3.50. The van der Waals surface area contributed by atoms with Crippen molar-refractivity contribution in [3.8, 4) is 0 Å². The van der Waals surface area contributed by atoms with Crippen molar-refractivity contribution in [3.05, 3.63) is 64.1 Å². The van der Waals surface area contributed by atoms with E-state index >= 15 is 0 Å². The van der Waals surface area contributed by atoms with Gasteiger partial charge < -0.3 is 10.2 Å². The van der Waals surface area contributed by atoms with Gasteiger partial charge in [0.2, 0.25) is 11.8 Å². The number of benzene rings is 2. The number of carbonyl (C=O) groups is 2. The highest BCUT2D eigenvalue weighted by Gasteiger charge is 2.37. The van der Waals surface area contributed by atoms with E-state index in [9.17, 15) is 9.59 Å². The second kappa shape index (κ2) is 7.83. The number of aryl methyl sites for hydroxylation is 1. The normalized spacial score (nSPS) is 17.0. The molecule has 0 bridgehead atoms. The van der Waals surface area contributed by atoms with E-state index in [1.165, 1.54) is 5.56 Å². The van der Waals surface area contributed by atoms with Gasteiger partial charge in [0, 0.05) is 23.2 Å². The smallest absolute Gasteiger partial charge is 0.239 e. The quantitative estimate of drug-likeness (QED) is 0.778. The molecule has 0 saturated carbocycles. The van der Waals surface area contributed by atoms with Crippen LogP contribution in [-0.4, -0.2) is 18.4 Å². The van der Waals surface area contributed by atoms with Gasteiger partial charge in [-0.25, -0.2) is 0 Å². The van der Waals surface area contributed by atoms with Crippen molar-refractivity contribution in [3.63, 3.8) is 0 Å². The lowest BCUT2D eigenvalue weighted by Gasteiger charge is -2.17. The molecule has 0 aromatic heterocycles. The van der Waals surface area contributed by atoms with Gasteiger partial charge in [-0.15, -0.1) is 0 Å². The van der Waals surface area contributed by atoms with Crippen LogP contribution in [0.1, 0.15) is 24.5 Å². The molecule has 130 valence electrons. The van der Waals surface area contributed by atoms with E-state index < -0.39 is 5.92 Å². The average Bonchev–Trinajstić information content (AvgIpc) is 3.01. The van der Waals surface area contributed by atoms with E-state index in [1.54, 1.807) is 4.90 Å². The van der Waals surface area contributed by atoms with Crippen LogP contribution in [0.15, 0.2) is 53.0 Å². The van der Waals surface area contributed by atoms with Crippen LogP contribution in [0.5, 0.6) is 0 Å². The Morgan fingerprint density at radius 2 is 1.96 bits per heavy atom. The van der Waals surface area contributed by atoms with E-state index in [-0.39, 0.29) is 11.8 Å². The molecule has 1 heterocycles. The summed E-state index contributed by atoms with van der Waals surface area (Å²) in [6, 6.07) is 15.7. The number of rotatable bonds is 5. The molecule has 0 aliphatic carbocycles. The molecule has 2 aromatic rings. The van der Waals surface area contributed by atoms with E-state index in [2.05, 4.69) is 28.2 Å². The molecule has 3 rings (SSSR count). The summed E-state index contributed by atoms with van der Waals surface area (Å²) in [4.78, 5) is 26.8. The van der Waals surface area contributed by atoms with Gasteiger partial charge in [0.15, 0.2) is 0 Å². The number of hydrogen-bond acceptors (Lipinski definition) is 2. The zero-order valence-electron chi connectivity index (χ0n) is 14.2. The number of nitrogens with one attached hydrogen (secondary N) is 1. The van der Waals surface area contributed by atoms with Crippen LogP contribution in [0, 0.1) is 5.92 Å². The molecule has 4 nitrogen and oxygen atoms in total. The summed E-state index contributed by atoms with van der Waals surface area (Å²) in [6.07, 6.45) is 1.52. The summed E-state index contributed by atoms with van der Waals surface area (Å²) in [5, 5.41) is 2.88. The van der Waals surface area contributed by atoms with Crippen LogP contribution < -0.4 is 10.2 Å². The fourth-order valence-electron chi connectivity index (χ4n) is 3.05. The molecule has 0 unspecified atom stereocenters. The van der Waals surface area contributed by atoms with Crippen LogP contribution in [-0.2, 0) is 22.6 Å². The Kier molecular flexibility index (Phi) is 5.53. The molecule has 0 spiro atoms. The highest BCUT2D eigenvalue weighted by molar-refractivity contribution is 9.10. The van der Waals surface area contributed by atoms with Crippen LogP contribution in [0.2, 0.25) is 0 Å². The average molecular weight is 401 g/mol. The third-order valence-electron chi connectivity index (χ3n) is 4.53. The molecule has 2 amide bonds. The summed E-state index contributed by atoms with van der Waals surface area (Å²) in [6.45, 7) is 3.11. The number of halogens is 1. The summed E-state index contributed by atoms with van der Waals surface area (Å²) in [5.74, 6) is -0.911. The van der Waals surface area contributed by atoms with Crippen LogP contribution in [0.4, 0.5) is 5.69 Å². The first-order valence-corrected chi connectivity index (χ1v) is 9.30. The predicted octanol–water partition coefficient (Wildman–Crippen LogP) is 3.68. The number of carbonyl (C=O) groups excluding carboxylic acids is 2. The highest BCUT2D eigenvalue weighted by Crippen LogP contribution is 2.26. The largest absolute Gasteiger partial charge is 0.351 e. The van der Waals surface area contributed by atoms with Crippen molar-refractivity contribution in [2.24, 2.45) is 5.92 Å². The lowest BCUT2D eigenvalue weighted by molar-refractivity contribution is -0.132. The number of hydrogen-bond donors (Lipinski definition) is 1. The second-order valence-electron chi connectivity index (χ2n) is 6.20. The van der Waals surface area contributed by atoms with Gasteiger partial charge >= 0.3 is 0 Å². The lowest BCUT2D eigenvalue weighted by atomic mass is 10.1. The van der Waals surface area contributed by atoms with Gasteiger partial charge in [0.05, 0.1) is 0 Å². The van der Waals surface area contributed by atoms with Gasteiger partial charge in [0.1, 0.15) is 5.92 Å². The molecule has 1 aliphatic rings. The first kappa shape index (κ1) is 17.7. The summed E-state index contributed by atoms with van der Waals surface area (Å²) < 4.78 is 0.970. The van der Waals surface area contributed by atoms with Crippen molar-refractivity contribution in [1.82, 2.24) is 5.32 Å². The first-order chi connectivity index (χ1) is 12.1. The highest BCUT2D eigenvalue weighted by atomic mass is 79.9. The van der Waals surface area contributed by atoms with Gasteiger partial charge in [-0.2, -0.15) is 0 Å². The third-order valence-corrected chi connectivity index (χ3v) is 5.03. The second-order valence-corrected chi connectivity index (χ2v) is 7.11. The maximum absolute atomic E-state index is 12.6. The van der Waals surface area contributed by atoms with Crippen molar-refractivity contribution in [1.29, 1.82) is 0 Å². The zero-order chi connectivity index (χ0) is 17.8. The van der Waals surface area contributed by atoms with Crippen LogP contribution >= 0.6 is 15.9 Å². The standard InChI is InChI=1S/C20H21BrN2O2/c1-2-14-6-8-17(9-7-14)23-11-10-18(20(23)25)19(24)22-13-15-4-3-5-16(21)12-15/h3-9,12,18H,2,10-11,13H2,1H3,(H,22,24)/t18-/m0/s1. The molecule has 2 aromatic carbocycles. The maximum atomic E-state index is 12.6. The maximum Gasteiger partial charge on any atom is 0.239 e. The Morgan fingerprint density at radius 3 is 2.64 bits per heavy atom. The van der Waals surface area contributed by atoms with Crippen LogP contribution in [0.3, 0.4) is 0 Å². The summed E-state index contributed by atoms with van der Waals surface area (Å²) >= 11 is 3.42. The Hall–Kier alpha value is -2.14. The number of anilines is 1. The Balaban J connectivity index is 1.61. The monoisotopic (exact) mass is 400 g/mol. The minimum Gasteiger partial charge on any atom is -0.351 e. The van der Waals surface area contributed by atoms with Crippen molar-refractivity contribution in [2.45, 2.75) is 26.3 Å². The van der Waals surface area contributed by atoms with E-state index in [0.717, 1.165) is 22.1 Å². The molecule has 25 heavy (non-hydrogen) atoms. The number of nitrogens with zero attached hydrogens (tertiary/aromatic N) is 1. The Morgan fingerprint density at radius 1 is 1.20 bits per heavy atom. The van der Waals surface area contributed by atoms with Crippen molar-refractivity contribution < 1.29 is 9.59 Å². The van der Waals surface area contributed by atoms with E-state index in [0.29, 0.717) is 19.5 Å². The molecule has 0 radical (unpaired) electrons. The predicted molar refractivity (Wildman–Crippen MR) is 102 cm³/mol. The Bertz CT molecular complexity index is 774. The SMILES string of the molecule is CCc1ccc(N2CC[C@@H](C(=O)NCc3cccc(Br)c3)C2=O)cc1. The number of amides is 2. The van der Waals surface area contributed by atoms with Crippen LogP contribution in [0.25, 0.3) is 0 Å². The van der Waals surface area contributed by atoms with Gasteiger partial charge in [0.25, 0.3) is 0 Å². The molecule has 1 N–H and O–H groups in total. The van der Waals surface area contributed by atoms with Gasteiger partial charge in [-0.3, -0.25) is 9.59 Å². The summed E-state index contributed by atoms with van der Waals surface area (Å²) in [5.41, 5.74) is 3.10. The van der Waals surface area contributed by atoms with E-state index in [1.807, 2.05) is 48.5 Å². The topological polar surface area (TPSA) is 49.4 Å². The third kappa shape index (κ3) is 4.10. The molecule has 1 fully saturated rings. The van der Waals surface area contributed by atoms with Gasteiger partial charge in [-0.1, -0.05) is 47.1 Å². The molecule has 1 saturated heterocycles. The molecule has 5 heteroatoms.